The van der Waals surface area contributed by atoms with Crippen LogP contribution in [0.5, 0.6) is 0 Å². The number of fused-ring (bicyclic) bond motifs is 1. The summed E-state index contributed by atoms with van der Waals surface area (Å²) < 4.78 is 0. The fourth-order valence-electron chi connectivity index (χ4n) is 6.01. The number of pyridine rings is 1. The number of aromatic nitrogens is 1. The zero-order valence-corrected chi connectivity index (χ0v) is 28.3. The van der Waals surface area contributed by atoms with E-state index in [1.807, 2.05) is 65.6 Å². The molecule has 3 aromatic carbocycles. The molecule has 7 nitrogen and oxygen atoms in total. The van der Waals surface area contributed by atoms with E-state index >= 15 is 0 Å². The second kappa shape index (κ2) is 18.3. The third-order valence-corrected chi connectivity index (χ3v) is 8.38. The highest BCUT2D eigenvalue weighted by atomic mass is 35.5. The van der Waals surface area contributed by atoms with Crippen molar-refractivity contribution >= 4 is 35.1 Å². The maximum atomic E-state index is 14.0. The number of amides is 3. The lowest BCUT2D eigenvalue weighted by atomic mass is 9.82. The number of carbonyl (C=O) groups is 2. The van der Waals surface area contributed by atoms with Crippen molar-refractivity contribution in [1.82, 2.24) is 20.5 Å². The quantitative estimate of drug-likeness (QED) is 0.128. The lowest BCUT2D eigenvalue weighted by Crippen LogP contribution is -2.53. The molecule has 0 aliphatic rings. The molecule has 0 aliphatic heterocycles. The van der Waals surface area contributed by atoms with Gasteiger partial charge in [-0.1, -0.05) is 99.6 Å². The van der Waals surface area contributed by atoms with Crippen LogP contribution in [0.1, 0.15) is 50.4 Å². The molecular formula is C38H50ClN5O2. The van der Waals surface area contributed by atoms with Gasteiger partial charge in [-0.05, 0) is 71.2 Å². The molecule has 0 saturated heterocycles. The Morgan fingerprint density at radius 3 is 2.33 bits per heavy atom. The molecule has 0 bridgehead atoms. The van der Waals surface area contributed by atoms with Crippen molar-refractivity contribution in [2.75, 3.05) is 26.2 Å². The summed E-state index contributed by atoms with van der Waals surface area (Å²) in [4.78, 5) is 34.1. The summed E-state index contributed by atoms with van der Waals surface area (Å²) in [7, 11) is 0. The van der Waals surface area contributed by atoms with Gasteiger partial charge < -0.3 is 21.3 Å². The zero-order chi connectivity index (χ0) is 32.1. The van der Waals surface area contributed by atoms with Gasteiger partial charge in [-0.2, -0.15) is 0 Å². The number of nitrogens with zero attached hydrogens (tertiary/aromatic N) is 2. The Morgan fingerprint density at radius 2 is 1.59 bits per heavy atom. The first-order valence-corrected chi connectivity index (χ1v) is 16.2. The van der Waals surface area contributed by atoms with Crippen molar-refractivity contribution in [3.05, 3.63) is 114 Å². The van der Waals surface area contributed by atoms with Crippen molar-refractivity contribution in [2.24, 2.45) is 17.1 Å². The maximum absolute atomic E-state index is 14.0. The second-order valence-corrected chi connectivity index (χ2v) is 12.9. The van der Waals surface area contributed by atoms with E-state index in [0.717, 1.165) is 40.4 Å². The van der Waals surface area contributed by atoms with Crippen molar-refractivity contribution < 1.29 is 9.59 Å². The molecule has 0 fully saturated rings. The number of urea groups is 1. The van der Waals surface area contributed by atoms with Gasteiger partial charge in [0.15, 0.2) is 0 Å². The summed E-state index contributed by atoms with van der Waals surface area (Å²) >= 11 is 0. The van der Waals surface area contributed by atoms with Gasteiger partial charge in [-0.25, -0.2) is 4.79 Å². The van der Waals surface area contributed by atoms with Gasteiger partial charge in [-0.3, -0.25) is 9.78 Å². The van der Waals surface area contributed by atoms with Crippen LogP contribution in [0.4, 0.5) is 4.79 Å². The molecule has 1 unspecified atom stereocenters. The number of nitrogens with one attached hydrogen (secondary N) is 2. The second-order valence-electron chi connectivity index (χ2n) is 12.9. The van der Waals surface area contributed by atoms with Gasteiger partial charge >= 0.3 is 6.03 Å². The van der Waals surface area contributed by atoms with Crippen LogP contribution in [0.25, 0.3) is 10.8 Å². The predicted molar refractivity (Wildman–Crippen MR) is 191 cm³/mol. The minimum absolute atomic E-state index is 0. The Balaban J connectivity index is 0.00000576. The molecule has 46 heavy (non-hydrogen) atoms. The van der Waals surface area contributed by atoms with Crippen LogP contribution in [-0.4, -0.2) is 54.0 Å². The van der Waals surface area contributed by atoms with Gasteiger partial charge in [0.1, 0.15) is 6.04 Å². The van der Waals surface area contributed by atoms with Crippen LogP contribution in [0.3, 0.4) is 0 Å². The van der Waals surface area contributed by atoms with E-state index in [4.69, 9.17) is 5.73 Å². The largest absolute Gasteiger partial charge is 0.354 e. The van der Waals surface area contributed by atoms with E-state index in [1.54, 1.807) is 6.20 Å². The molecule has 3 amide bonds. The van der Waals surface area contributed by atoms with Crippen molar-refractivity contribution in [2.45, 2.75) is 58.9 Å². The first-order chi connectivity index (χ1) is 21.7. The van der Waals surface area contributed by atoms with Gasteiger partial charge in [0.05, 0.1) is 0 Å². The lowest BCUT2D eigenvalue weighted by Gasteiger charge is -2.30. The van der Waals surface area contributed by atoms with Crippen molar-refractivity contribution in [1.29, 1.82) is 0 Å². The molecule has 246 valence electrons. The predicted octanol–water partition coefficient (Wildman–Crippen LogP) is 6.58. The monoisotopic (exact) mass is 643 g/mol. The molecule has 4 N–H and O–H groups in total. The van der Waals surface area contributed by atoms with E-state index in [9.17, 15) is 9.59 Å². The average molecular weight is 644 g/mol. The molecule has 8 heteroatoms. The van der Waals surface area contributed by atoms with Crippen LogP contribution in [0.2, 0.25) is 0 Å². The summed E-state index contributed by atoms with van der Waals surface area (Å²) in [6, 6.07) is 29.3. The van der Waals surface area contributed by atoms with Gasteiger partial charge in [0, 0.05) is 44.4 Å². The lowest BCUT2D eigenvalue weighted by molar-refractivity contribution is -0.123. The van der Waals surface area contributed by atoms with Crippen LogP contribution in [0.15, 0.2) is 97.2 Å². The summed E-state index contributed by atoms with van der Waals surface area (Å²) in [6.07, 6.45) is 5.40. The smallest absolute Gasteiger partial charge is 0.318 e. The third-order valence-electron chi connectivity index (χ3n) is 8.38. The third kappa shape index (κ3) is 11.5. The van der Waals surface area contributed by atoms with Crippen LogP contribution in [-0.2, 0) is 24.1 Å². The topological polar surface area (TPSA) is 100 Å². The van der Waals surface area contributed by atoms with Crippen LogP contribution >= 0.6 is 12.4 Å². The summed E-state index contributed by atoms with van der Waals surface area (Å²) in [6.45, 7) is 8.73. The zero-order valence-electron chi connectivity index (χ0n) is 27.5. The van der Waals surface area contributed by atoms with Crippen molar-refractivity contribution in [3.63, 3.8) is 0 Å². The number of hydrogen-bond acceptors (Lipinski definition) is 4. The molecule has 1 aromatic heterocycles. The summed E-state index contributed by atoms with van der Waals surface area (Å²) in [5, 5.41) is 8.51. The van der Waals surface area contributed by atoms with E-state index < -0.39 is 6.04 Å². The molecule has 0 spiro atoms. The normalized spacial score (nSPS) is 12.5. The van der Waals surface area contributed by atoms with Crippen LogP contribution < -0.4 is 16.4 Å². The molecular weight excluding hydrogens is 594 g/mol. The molecule has 0 radical (unpaired) electrons. The number of nitrogens with two attached hydrogens (primary N) is 1. The standard InChI is InChI=1S/C38H49N5O2.ClH/c1-29(19-22-39)27-38(2,3)28-41-36(44)35(26-32-16-11-15-31-14-7-8-18-34(31)32)42-37(45)43(24-20-30-12-5-4-6-13-30)25-21-33-17-9-10-23-40-33;/h4-18,23,29,35H,19-22,24-28,39H2,1-3H3,(H,41,44)(H,42,45);1H/t29?,35-;/m1./s1. The first-order valence-electron chi connectivity index (χ1n) is 16.2. The molecule has 1 heterocycles. The molecule has 2 atom stereocenters. The Labute approximate surface area is 280 Å². The van der Waals surface area contributed by atoms with E-state index in [-0.39, 0.29) is 29.8 Å². The minimum Gasteiger partial charge on any atom is -0.354 e. The minimum atomic E-state index is -0.741. The highest BCUT2D eigenvalue weighted by Crippen LogP contribution is 2.26. The maximum Gasteiger partial charge on any atom is 0.318 e. The number of hydrogen-bond donors (Lipinski definition) is 3. The number of benzene rings is 3. The highest BCUT2D eigenvalue weighted by molar-refractivity contribution is 5.90. The Kier molecular flexibility index (Phi) is 14.5. The van der Waals surface area contributed by atoms with E-state index in [0.29, 0.717) is 51.4 Å². The Bertz CT molecular complexity index is 1450. The molecule has 4 aromatic rings. The van der Waals surface area contributed by atoms with E-state index in [2.05, 4.69) is 66.7 Å². The molecule has 0 saturated carbocycles. The Hall–Kier alpha value is -3.94. The van der Waals surface area contributed by atoms with E-state index in [1.165, 1.54) is 0 Å². The van der Waals surface area contributed by atoms with Gasteiger partial charge in [0.25, 0.3) is 0 Å². The number of rotatable bonds is 16. The fraction of sp³-hybridized carbons (Fsp3) is 0.395. The van der Waals surface area contributed by atoms with Gasteiger partial charge in [0.2, 0.25) is 5.91 Å². The first kappa shape index (κ1) is 36.5. The SMILES string of the molecule is CC(CCN)CC(C)(C)CNC(=O)[C@@H](Cc1cccc2ccccc12)NC(=O)N(CCc1ccccc1)CCc1ccccn1.Cl. The number of halogens is 1. The Morgan fingerprint density at radius 1 is 0.891 bits per heavy atom. The average Bonchev–Trinajstić information content (AvgIpc) is 3.04. The summed E-state index contributed by atoms with van der Waals surface area (Å²) in [5.41, 5.74) is 8.78. The summed E-state index contributed by atoms with van der Waals surface area (Å²) in [5.74, 6) is 0.286. The van der Waals surface area contributed by atoms with Crippen molar-refractivity contribution in [3.8, 4) is 0 Å². The number of carbonyl (C=O) groups excluding carboxylic acids is 2. The van der Waals surface area contributed by atoms with Gasteiger partial charge in [-0.15, -0.1) is 12.4 Å². The highest BCUT2D eigenvalue weighted by Gasteiger charge is 2.28. The molecule has 0 aliphatic carbocycles. The molecule has 4 rings (SSSR count). The van der Waals surface area contributed by atoms with Crippen LogP contribution in [0, 0.1) is 11.3 Å². The fourth-order valence-corrected chi connectivity index (χ4v) is 6.01.